The van der Waals surface area contributed by atoms with Crippen LogP contribution >= 0.6 is 11.8 Å². The van der Waals surface area contributed by atoms with Crippen LogP contribution in [0.25, 0.3) is 0 Å². The Morgan fingerprint density at radius 3 is 2.96 bits per heavy atom. The van der Waals surface area contributed by atoms with Crippen molar-refractivity contribution in [1.29, 1.82) is 0 Å². The first kappa shape index (κ1) is 15.7. The third-order valence-corrected chi connectivity index (χ3v) is 6.23. The fourth-order valence-electron chi connectivity index (χ4n) is 3.36. The van der Waals surface area contributed by atoms with Crippen LogP contribution in [0.1, 0.15) is 22.6 Å². The lowest BCUT2D eigenvalue weighted by Gasteiger charge is -2.47. The Morgan fingerprint density at radius 2 is 2.25 bits per heavy atom. The fraction of sp³-hybridized carbons (Fsp3) is 0.471. The number of ether oxygens (including phenoxy) is 1. The van der Waals surface area contributed by atoms with Gasteiger partial charge in [0, 0.05) is 38.3 Å². The number of carbonyl (C=O) groups excluding carboxylic acids is 1. The second-order valence-electron chi connectivity index (χ2n) is 6.45. The van der Waals surface area contributed by atoms with Crippen LogP contribution < -0.4 is 0 Å². The summed E-state index contributed by atoms with van der Waals surface area (Å²) < 4.78 is 7.81. The molecule has 0 aromatic carbocycles. The van der Waals surface area contributed by atoms with Gasteiger partial charge in [-0.1, -0.05) is 6.07 Å². The molecule has 0 bridgehead atoms. The molecule has 7 heteroatoms. The number of aryl methyl sites for hydroxylation is 1. The zero-order valence-corrected chi connectivity index (χ0v) is 14.4. The zero-order valence-electron chi connectivity index (χ0n) is 13.6. The molecule has 2 fully saturated rings. The van der Waals surface area contributed by atoms with Crippen LogP contribution in [0.4, 0.5) is 0 Å². The molecule has 0 aliphatic carbocycles. The third kappa shape index (κ3) is 2.93. The highest BCUT2D eigenvalue weighted by Gasteiger charge is 2.51. The lowest BCUT2D eigenvalue weighted by molar-refractivity contribution is 0.0241. The Hall–Kier alpha value is -1.86. The molecule has 2 saturated heterocycles. The first-order valence-corrected chi connectivity index (χ1v) is 9.07. The number of nitrogens with zero attached hydrogens (tertiary/aromatic N) is 4. The molecule has 0 radical (unpaired) electrons. The summed E-state index contributed by atoms with van der Waals surface area (Å²) in [6, 6.07) is 7.64. The molecule has 1 unspecified atom stereocenters. The largest absolute Gasteiger partial charge is 0.371 e. The van der Waals surface area contributed by atoms with Crippen molar-refractivity contribution < 1.29 is 9.53 Å². The molecule has 2 aromatic rings. The van der Waals surface area contributed by atoms with E-state index in [-0.39, 0.29) is 16.8 Å². The molecule has 6 nitrogen and oxygen atoms in total. The number of likely N-dealkylation sites (tertiary alicyclic amines) is 1. The molecule has 0 saturated carbocycles. The van der Waals surface area contributed by atoms with Crippen LogP contribution in [0.2, 0.25) is 0 Å². The van der Waals surface area contributed by atoms with Gasteiger partial charge in [-0.05, 0) is 24.6 Å². The van der Waals surface area contributed by atoms with Crippen molar-refractivity contribution in [3.05, 3.63) is 48.0 Å². The van der Waals surface area contributed by atoms with E-state index in [9.17, 15) is 4.79 Å². The van der Waals surface area contributed by atoms with Crippen LogP contribution in [0.5, 0.6) is 0 Å². The molecule has 1 amide bonds. The molecular formula is C17H20N4O2S. The van der Waals surface area contributed by atoms with Crippen LogP contribution in [0.15, 0.2) is 36.7 Å². The zero-order chi connectivity index (χ0) is 16.6. The first-order chi connectivity index (χ1) is 11.7. The van der Waals surface area contributed by atoms with E-state index < -0.39 is 0 Å². The average molecular weight is 344 g/mol. The van der Waals surface area contributed by atoms with Crippen molar-refractivity contribution in [1.82, 2.24) is 19.7 Å². The molecule has 2 aliphatic heterocycles. The van der Waals surface area contributed by atoms with Crippen LogP contribution in [-0.2, 0) is 18.4 Å². The van der Waals surface area contributed by atoms with E-state index in [1.807, 2.05) is 34.9 Å². The quantitative estimate of drug-likeness (QED) is 0.845. The van der Waals surface area contributed by atoms with E-state index in [0.29, 0.717) is 12.3 Å². The molecule has 126 valence electrons. The van der Waals surface area contributed by atoms with Gasteiger partial charge in [0.25, 0.3) is 5.91 Å². The van der Waals surface area contributed by atoms with Gasteiger partial charge in [-0.25, -0.2) is 0 Å². The number of carbonyl (C=O) groups is 1. The summed E-state index contributed by atoms with van der Waals surface area (Å²) in [5.74, 6) is 1.06. The minimum absolute atomic E-state index is 0.0686. The van der Waals surface area contributed by atoms with Crippen molar-refractivity contribution in [3.63, 3.8) is 0 Å². The molecule has 4 heterocycles. The molecule has 2 aromatic heterocycles. The highest BCUT2D eigenvalue weighted by Crippen LogP contribution is 2.46. The molecule has 4 rings (SSSR count). The normalized spacial score (nSPS) is 21.9. The van der Waals surface area contributed by atoms with E-state index in [0.717, 1.165) is 31.0 Å². The Balaban J connectivity index is 1.29. The third-order valence-electron chi connectivity index (χ3n) is 4.65. The predicted octanol–water partition coefficient (Wildman–Crippen LogP) is 1.73. The van der Waals surface area contributed by atoms with E-state index in [4.69, 9.17) is 4.74 Å². The summed E-state index contributed by atoms with van der Waals surface area (Å²) in [4.78, 5) is 18.7. The van der Waals surface area contributed by atoms with Gasteiger partial charge in [-0.15, -0.1) is 11.8 Å². The molecule has 24 heavy (non-hydrogen) atoms. The Labute approximate surface area is 145 Å². The molecule has 1 atom stereocenters. The SMILES string of the molecule is Cn1nccc1C(=O)N1CC2(CC(OCc3ccccn3)CS2)C1. The summed E-state index contributed by atoms with van der Waals surface area (Å²) in [5.41, 5.74) is 1.61. The number of hydrogen-bond acceptors (Lipinski definition) is 5. The molecule has 1 spiro atoms. The predicted molar refractivity (Wildman–Crippen MR) is 91.7 cm³/mol. The lowest BCUT2D eigenvalue weighted by atomic mass is 9.92. The van der Waals surface area contributed by atoms with Crippen molar-refractivity contribution in [3.8, 4) is 0 Å². The van der Waals surface area contributed by atoms with E-state index >= 15 is 0 Å². The van der Waals surface area contributed by atoms with Gasteiger partial charge in [-0.3, -0.25) is 14.5 Å². The number of hydrogen-bond donors (Lipinski definition) is 0. The van der Waals surface area contributed by atoms with Crippen molar-refractivity contribution >= 4 is 17.7 Å². The van der Waals surface area contributed by atoms with Crippen LogP contribution in [0, 0.1) is 0 Å². The van der Waals surface area contributed by atoms with Crippen LogP contribution in [0.3, 0.4) is 0 Å². The highest BCUT2D eigenvalue weighted by atomic mass is 32.2. The van der Waals surface area contributed by atoms with Gasteiger partial charge in [0.05, 0.1) is 23.2 Å². The molecular weight excluding hydrogens is 324 g/mol. The summed E-state index contributed by atoms with van der Waals surface area (Å²) in [7, 11) is 1.80. The second kappa shape index (κ2) is 6.22. The minimum atomic E-state index is 0.0686. The highest BCUT2D eigenvalue weighted by molar-refractivity contribution is 8.01. The van der Waals surface area contributed by atoms with Crippen LogP contribution in [-0.4, -0.2) is 55.3 Å². The second-order valence-corrected chi connectivity index (χ2v) is 7.94. The summed E-state index contributed by atoms with van der Waals surface area (Å²) >= 11 is 1.94. The maximum atomic E-state index is 12.5. The first-order valence-electron chi connectivity index (χ1n) is 8.08. The Bertz CT molecular complexity index is 727. The van der Waals surface area contributed by atoms with Crippen molar-refractivity contribution in [2.24, 2.45) is 7.05 Å². The number of pyridine rings is 1. The van der Waals surface area contributed by atoms with Gasteiger partial charge >= 0.3 is 0 Å². The monoisotopic (exact) mass is 344 g/mol. The summed E-state index contributed by atoms with van der Waals surface area (Å²) in [6.07, 6.45) is 4.69. The van der Waals surface area contributed by atoms with Gasteiger partial charge < -0.3 is 9.64 Å². The number of aromatic nitrogens is 3. The average Bonchev–Trinajstić information content (AvgIpc) is 3.18. The Morgan fingerprint density at radius 1 is 1.38 bits per heavy atom. The molecule has 2 aliphatic rings. The van der Waals surface area contributed by atoms with E-state index in [1.54, 1.807) is 30.2 Å². The number of rotatable bonds is 4. The minimum Gasteiger partial charge on any atom is -0.371 e. The maximum Gasteiger partial charge on any atom is 0.272 e. The molecule has 0 N–H and O–H groups in total. The van der Waals surface area contributed by atoms with Gasteiger partial charge in [0.2, 0.25) is 0 Å². The Kier molecular flexibility index (Phi) is 4.05. The smallest absolute Gasteiger partial charge is 0.272 e. The fourth-order valence-corrected chi connectivity index (χ4v) is 4.91. The van der Waals surface area contributed by atoms with Gasteiger partial charge in [0.1, 0.15) is 5.69 Å². The van der Waals surface area contributed by atoms with Crippen molar-refractivity contribution in [2.75, 3.05) is 18.8 Å². The van der Waals surface area contributed by atoms with Gasteiger partial charge in [0.15, 0.2) is 0 Å². The van der Waals surface area contributed by atoms with Gasteiger partial charge in [-0.2, -0.15) is 5.10 Å². The number of thioether (sulfide) groups is 1. The summed E-state index contributed by atoms with van der Waals surface area (Å²) in [5, 5.41) is 4.07. The maximum absolute atomic E-state index is 12.5. The topological polar surface area (TPSA) is 60.2 Å². The standard InChI is InChI=1S/C17H20N4O2S/c1-20-15(5-7-19-20)16(22)21-11-17(12-21)8-14(10-24-17)23-9-13-4-2-3-6-18-13/h2-7,14H,8-12H2,1H3. The van der Waals surface area contributed by atoms with Crippen molar-refractivity contribution in [2.45, 2.75) is 23.9 Å². The lowest BCUT2D eigenvalue weighted by Crippen LogP contribution is -2.61. The number of amides is 1. The van der Waals surface area contributed by atoms with E-state index in [1.165, 1.54) is 0 Å². The summed E-state index contributed by atoms with van der Waals surface area (Å²) in [6.45, 7) is 2.15. The van der Waals surface area contributed by atoms with E-state index in [2.05, 4.69) is 10.1 Å².